The molecule has 0 unspecified atom stereocenters. The molecule has 59 heavy (non-hydrogen) atoms. The summed E-state index contributed by atoms with van der Waals surface area (Å²) >= 11 is 1.37. The van der Waals surface area contributed by atoms with Crippen LogP contribution in [0.25, 0.3) is 23.4 Å². The van der Waals surface area contributed by atoms with Gasteiger partial charge in [-0.3, -0.25) is 9.69 Å². The lowest BCUT2D eigenvalue weighted by Gasteiger charge is -2.24. The van der Waals surface area contributed by atoms with Crippen molar-refractivity contribution in [2.24, 2.45) is 0 Å². The van der Waals surface area contributed by atoms with E-state index in [4.69, 9.17) is 14.7 Å². The number of anilines is 2. The lowest BCUT2D eigenvalue weighted by atomic mass is 9.91. The molecule has 0 radical (unpaired) electrons. The number of benzene rings is 2. The molecule has 1 saturated carbocycles. The standard InChI is InChI=1S/C40H41F3N10O5S/c1-2-31(54)48-28-17-29(33(55)34(28)58-37(56)40(41,42)43)53-22-45-32-35(44-19-27(23-9-5-3-6-10-23)24-11-7-4-8-12-24)49-38(50-36(32)53)51-15-13-26(21-51)47-39(57)52-16-14-30-25(20-52)18-46-59-30/h3-12,14,18,20,22,26-29,33-34,55H,2,13,15-17,19,21H2,1H3,(H,47,57)(H,48,54)(H,44,49,50)/t26-,28+,29-,33+,34-/m1/s1. The van der Waals surface area contributed by atoms with E-state index >= 15 is 0 Å². The van der Waals surface area contributed by atoms with Gasteiger partial charge in [0.1, 0.15) is 6.10 Å². The summed E-state index contributed by atoms with van der Waals surface area (Å²) in [7, 11) is 0. The number of nitrogens with zero attached hydrogens (tertiary/aromatic N) is 7. The first-order valence-corrected chi connectivity index (χ1v) is 20.0. The first kappa shape index (κ1) is 39.7. The van der Waals surface area contributed by atoms with Gasteiger partial charge in [-0.15, -0.1) is 0 Å². The maximum Gasteiger partial charge on any atom is 0.490 e. The highest BCUT2D eigenvalue weighted by atomic mass is 32.1. The fraction of sp³-hybridized carbons (Fsp3) is 0.375. The zero-order valence-corrected chi connectivity index (χ0v) is 32.6. The monoisotopic (exact) mass is 830 g/mol. The second-order valence-electron chi connectivity index (χ2n) is 14.7. The number of ether oxygens (including phenoxy) is 1. The summed E-state index contributed by atoms with van der Waals surface area (Å²) in [4.78, 5) is 55.8. The fourth-order valence-corrected chi connectivity index (χ4v) is 8.48. The number of carbonyl (C=O) groups excluding carboxylic acids is 3. The summed E-state index contributed by atoms with van der Waals surface area (Å²) in [5.74, 6) is -2.40. The molecule has 308 valence electrons. The molecule has 5 atom stereocenters. The molecule has 2 aliphatic heterocycles. The number of imidazole rings is 1. The molecule has 8 rings (SSSR count). The third-order valence-corrected chi connectivity index (χ3v) is 11.7. The van der Waals surface area contributed by atoms with Crippen LogP contribution in [-0.2, 0) is 14.3 Å². The Bertz CT molecular complexity index is 2410. The number of nitrogens with one attached hydrogen (secondary N) is 3. The van der Waals surface area contributed by atoms with Crippen molar-refractivity contribution in [1.82, 2.24) is 39.4 Å². The Labute approximate surface area is 339 Å². The number of aliphatic hydroxyl groups is 1. The summed E-state index contributed by atoms with van der Waals surface area (Å²) in [6.45, 7) is 3.23. The largest absolute Gasteiger partial charge is 0.490 e. The highest BCUT2D eigenvalue weighted by Crippen LogP contribution is 2.38. The summed E-state index contributed by atoms with van der Waals surface area (Å²) < 4.78 is 51.6. The summed E-state index contributed by atoms with van der Waals surface area (Å²) in [6, 6.07) is 17.3. The molecular weight excluding hydrogens is 790 g/mol. The van der Waals surface area contributed by atoms with E-state index in [9.17, 15) is 32.7 Å². The van der Waals surface area contributed by atoms with Gasteiger partial charge in [0.15, 0.2) is 23.1 Å². The average Bonchev–Trinajstić information content (AvgIpc) is 4.05. The molecule has 2 aromatic carbocycles. The van der Waals surface area contributed by atoms with E-state index in [0.29, 0.717) is 49.9 Å². The normalized spacial score (nSPS) is 21.5. The predicted molar refractivity (Wildman–Crippen MR) is 213 cm³/mol. The van der Waals surface area contributed by atoms with Gasteiger partial charge in [0, 0.05) is 62.2 Å². The van der Waals surface area contributed by atoms with E-state index in [1.807, 2.05) is 71.6 Å². The lowest BCUT2D eigenvalue weighted by Crippen LogP contribution is -2.47. The molecule has 5 heterocycles. The molecule has 15 nitrogen and oxygen atoms in total. The van der Waals surface area contributed by atoms with E-state index in [0.717, 1.165) is 20.9 Å². The number of alkyl halides is 3. The Morgan fingerprint density at radius 2 is 1.76 bits per heavy atom. The minimum Gasteiger partial charge on any atom is -0.451 e. The molecule has 3 aliphatic rings. The first-order valence-electron chi connectivity index (χ1n) is 19.2. The van der Waals surface area contributed by atoms with Crippen molar-refractivity contribution in [3.8, 4) is 0 Å². The van der Waals surface area contributed by atoms with E-state index in [1.54, 1.807) is 24.2 Å². The van der Waals surface area contributed by atoms with Gasteiger partial charge in [-0.25, -0.2) is 14.6 Å². The van der Waals surface area contributed by atoms with Crippen LogP contribution in [-0.4, -0.2) is 108 Å². The molecule has 2 fully saturated rings. The number of aromatic nitrogens is 5. The number of amides is 3. The molecule has 1 saturated heterocycles. The summed E-state index contributed by atoms with van der Waals surface area (Å²) in [5.41, 5.74) is 2.70. The average molecular weight is 831 g/mol. The van der Waals surface area contributed by atoms with Crippen LogP contribution >= 0.6 is 11.5 Å². The van der Waals surface area contributed by atoms with Gasteiger partial charge in [0.25, 0.3) is 0 Å². The van der Waals surface area contributed by atoms with Crippen molar-refractivity contribution < 1.29 is 37.4 Å². The van der Waals surface area contributed by atoms with Crippen molar-refractivity contribution in [3.05, 3.63) is 94.1 Å². The highest BCUT2D eigenvalue weighted by molar-refractivity contribution is 7.03. The lowest BCUT2D eigenvalue weighted by molar-refractivity contribution is -0.209. The van der Waals surface area contributed by atoms with Crippen LogP contribution in [0.4, 0.5) is 29.7 Å². The van der Waals surface area contributed by atoms with Gasteiger partial charge in [0.05, 0.1) is 22.9 Å². The second kappa shape index (κ2) is 16.6. The van der Waals surface area contributed by atoms with Crippen molar-refractivity contribution in [2.45, 2.75) is 68.6 Å². The van der Waals surface area contributed by atoms with Crippen LogP contribution < -0.4 is 30.6 Å². The van der Waals surface area contributed by atoms with Gasteiger partial charge in [0.2, 0.25) is 11.9 Å². The van der Waals surface area contributed by atoms with Crippen molar-refractivity contribution >= 4 is 64.6 Å². The summed E-state index contributed by atoms with van der Waals surface area (Å²) in [5, 5.41) is 21.6. The van der Waals surface area contributed by atoms with E-state index < -0.39 is 42.3 Å². The highest BCUT2D eigenvalue weighted by Gasteiger charge is 2.51. The maximum atomic E-state index is 13.4. The third kappa shape index (κ3) is 8.43. The number of aliphatic hydroxyl groups excluding tert-OH is 1. The molecule has 0 spiro atoms. The van der Waals surface area contributed by atoms with Gasteiger partial charge in [-0.1, -0.05) is 67.6 Å². The molecular formula is C40H41F3N10O5S. The van der Waals surface area contributed by atoms with E-state index in [-0.39, 0.29) is 36.5 Å². The smallest absolute Gasteiger partial charge is 0.451 e. The molecule has 1 aliphatic carbocycles. The maximum absolute atomic E-state index is 13.4. The minimum atomic E-state index is -5.32. The minimum absolute atomic E-state index is 0.0167. The SMILES string of the molecule is CCC(=O)N[C@H]1C[C@@H](n2cnc3c(NCC(c4ccccc4)c4ccccc4)nc(N4CC[C@@H](NC(=O)N5C=c6cnsc6=CC5)C4)nc32)[C@H](O)[C@@H]1OC(=O)C(F)(F)F. The number of esters is 1. The van der Waals surface area contributed by atoms with Gasteiger partial charge in [-0.2, -0.15) is 27.5 Å². The van der Waals surface area contributed by atoms with Crippen LogP contribution in [0.3, 0.4) is 0 Å². The predicted octanol–water partition coefficient (Wildman–Crippen LogP) is 3.02. The number of carbonyl (C=O) groups is 3. The molecule has 19 heteroatoms. The second-order valence-corrected chi connectivity index (χ2v) is 15.5. The number of hydrogen-bond acceptors (Lipinski definition) is 12. The van der Waals surface area contributed by atoms with Crippen LogP contribution in [0, 0.1) is 0 Å². The number of fused-ring (bicyclic) bond motifs is 2. The first-order chi connectivity index (χ1) is 28.5. The van der Waals surface area contributed by atoms with E-state index in [2.05, 4.69) is 25.3 Å². The Morgan fingerprint density at radius 3 is 2.46 bits per heavy atom. The van der Waals surface area contributed by atoms with Gasteiger partial charge >= 0.3 is 18.2 Å². The Hall–Kier alpha value is -6.08. The topological polar surface area (TPSA) is 180 Å². The number of halogens is 3. The van der Waals surface area contributed by atoms with Crippen molar-refractivity contribution in [1.29, 1.82) is 0 Å². The van der Waals surface area contributed by atoms with Crippen LogP contribution in [0.1, 0.15) is 49.3 Å². The molecule has 4 N–H and O–H groups in total. The van der Waals surface area contributed by atoms with Crippen LogP contribution in [0.5, 0.6) is 0 Å². The summed E-state index contributed by atoms with van der Waals surface area (Å²) in [6.07, 6.45) is -1.32. The van der Waals surface area contributed by atoms with Gasteiger partial charge < -0.3 is 35.3 Å². The Kier molecular flexibility index (Phi) is 11.2. The quantitative estimate of drug-likeness (QED) is 0.144. The molecule has 0 bridgehead atoms. The number of urea groups is 1. The number of rotatable bonds is 11. The van der Waals surface area contributed by atoms with Crippen molar-refractivity contribution in [2.75, 3.05) is 36.4 Å². The number of hydrogen-bond donors (Lipinski definition) is 4. The van der Waals surface area contributed by atoms with E-state index in [1.165, 1.54) is 22.4 Å². The zero-order valence-electron chi connectivity index (χ0n) is 31.7. The van der Waals surface area contributed by atoms with Crippen LogP contribution in [0.2, 0.25) is 0 Å². The zero-order chi connectivity index (χ0) is 41.3. The molecule has 5 aromatic rings. The molecule has 3 aromatic heterocycles. The third-order valence-electron chi connectivity index (χ3n) is 10.9. The van der Waals surface area contributed by atoms with Crippen LogP contribution in [0.15, 0.2) is 73.2 Å². The fourth-order valence-electron chi connectivity index (χ4n) is 7.84. The Balaban J connectivity index is 1.11. The van der Waals surface area contributed by atoms with Gasteiger partial charge in [-0.05, 0) is 41.6 Å². The molecule has 3 amide bonds. The Morgan fingerprint density at radius 1 is 1.03 bits per heavy atom. The van der Waals surface area contributed by atoms with Crippen molar-refractivity contribution in [3.63, 3.8) is 0 Å².